The van der Waals surface area contributed by atoms with Crippen molar-refractivity contribution < 1.29 is 9.53 Å². The minimum Gasteiger partial charge on any atom is -0.494 e. The number of carbonyl (C=O) groups is 1. The van der Waals surface area contributed by atoms with E-state index in [2.05, 4.69) is 25.2 Å². The maximum Gasteiger partial charge on any atom is 0.249 e. The lowest BCUT2D eigenvalue weighted by Crippen LogP contribution is -2.15. The van der Waals surface area contributed by atoms with Crippen LogP contribution in [0, 0.1) is 21.1 Å². The van der Waals surface area contributed by atoms with Crippen molar-refractivity contribution in [2.75, 3.05) is 11.9 Å². The van der Waals surface area contributed by atoms with Gasteiger partial charge < -0.3 is 10.1 Å². The fraction of sp³-hybridized carbons (Fsp3) is 0.375. The number of anilines is 1. The summed E-state index contributed by atoms with van der Waals surface area (Å²) in [5.41, 5.74) is 3.59. The molecule has 0 saturated heterocycles. The fourth-order valence-electron chi connectivity index (χ4n) is 3.48. The van der Waals surface area contributed by atoms with Crippen molar-refractivity contribution in [3.05, 3.63) is 56.4 Å². The van der Waals surface area contributed by atoms with E-state index in [1.165, 1.54) is 17.4 Å². The van der Waals surface area contributed by atoms with Gasteiger partial charge in [-0.25, -0.2) is 0 Å². The molecule has 1 aliphatic carbocycles. The second kappa shape index (κ2) is 10.5. The van der Waals surface area contributed by atoms with E-state index in [1.807, 2.05) is 24.3 Å². The van der Waals surface area contributed by atoms with Gasteiger partial charge in [-0.05, 0) is 66.5 Å². The number of nitriles is 1. The first-order valence-electron chi connectivity index (χ1n) is 10.3. The normalized spacial score (nSPS) is 15.4. The first-order valence-corrected chi connectivity index (χ1v) is 11.5. The highest BCUT2D eigenvalue weighted by Crippen LogP contribution is 2.35. The van der Waals surface area contributed by atoms with E-state index in [1.54, 1.807) is 6.08 Å². The zero-order valence-corrected chi connectivity index (χ0v) is 19.0. The molecule has 6 heteroatoms. The first-order chi connectivity index (χ1) is 14.5. The summed E-state index contributed by atoms with van der Waals surface area (Å²) in [6.45, 7) is 5.04. The van der Waals surface area contributed by atoms with E-state index in [9.17, 15) is 10.1 Å². The molecule has 1 atom stereocenters. The number of hydrogen-bond acceptors (Lipinski definition) is 5. The van der Waals surface area contributed by atoms with Crippen molar-refractivity contribution in [2.24, 2.45) is 5.92 Å². The lowest BCUT2D eigenvalue weighted by atomic mass is 9.85. The zero-order chi connectivity index (χ0) is 21.5. The predicted octanol–water partition coefficient (Wildman–Crippen LogP) is 6.30. The van der Waals surface area contributed by atoms with Gasteiger partial charge in [0.2, 0.25) is 5.91 Å². The molecule has 0 saturated carbocycles. The Balaban J connectivity index is 1.70. The lowest BCUT2D eigenvalue weighted by molar-refractivity contribution is -0.111. The summed E-state index contributed by atoms with van der Waals surface area (Å²) >= 11 is 6.88. The van der Waals surface area contributed by atoms with E-state index < -0.39 is 0 Å². The van der Waals surface area contributed by atoms with Crippen molar-refractivity contribution in [3.8, 4) is 11.8 Å². The van der Waals surface area contributed by atoms with Gasteiger partial charge in [-0.3, -0.25) is 4.79 Å². The Kier molecular flexibility index (Phi) is 7.78. The highest BCUT2D eigenvalue weighted by molar-refractivity contribution is 7.73. The summed E-state index contributed by atoms with van der Waals surface area (Å²) in [6, 6.07) is 9.91. The predicted molar refractivity (Wildman–Crippen MR) is 126 cm³/mol. The minimum atomic E-state index is -0.274. The molecule has 1 N–H and O–H groups in total. The monoisotopic (exact) mass is 438 g/mol. The highest BCUT2D eigenvalue weighted by atomic mass is 32.1. The van der Waals surface area contributed by atoms with E-state index >= 15 is 0 Å². The molecule has 0 fully saturated rings. The van der Waals surface area contributed by atoms with E-state index in [4.69, 9.17) is 17.0 Å². The number of carbonyl (C=O) groups excluding carboxylic acids is 1. The van der Waals surface area contributed by atoms with Crippen molar-refractivity contribution in [2.45, 2.75) is 46.0 Å². The molecule has 1 aromatic carbocycles. The second-order valence-electron chi connectivity index (χ2n) is 7.60. The quantitative estimate of drug-likeness (QED) is 0.313. The van der Waals surface area contributed by atoms with Crippen LogP contribution in [0.5, 0.6) is 5.75 Å². The summed E-state index contributed by atoms with van der Waals surface area (Å²) in [4.78, 5) is 12.5. The Bertz CT molecular complexity index is 1030. The molecule has 1 heterocycles. The molecule has 2 aromatic rings. The second-order valence-corrected chi connectivity index (χ2v) is 9.29. The molecule has 0 spiro atoms. The summed E-state index contributed by atoms with van der Waals surface area (Å²) in [5.74, 6) is 1.13. The van der Waals surface area contributed by atoms with Crippen molar-refractivity contribution in [1.29, 1.82) is 5.26 Å². The van der Waals surface area contributed by atoms with Gasteiger partial charge in [0, 0.05) is 6.08 Å². The molecule has 1 amide bonds. The van der Waals surface area contributed by atoms with Crippen molar-refractivity contribution >= 4 is 40.5 Å². The van der Waals surface area contributed by atoms with Gasteiger partial charge in [0.15, 0.2) is 0 Å². The third-order valence-corrected chi connectivity index (χ3v) is 6.63. The van der Waals surface area contributed by atoms with Crippen LogP contribution in [0.3, 0.4) is 0 Å². The molecule has 0 radical (unpaired) electrons. The van der Waals surface area contributed by atoms with Gasteiger partial charge in [-0.2, -0.15) is 5.26 Å². The van der Waals surface area contributed by atoms with E-state index in [0.717, 1.165) is 58.4 Å². The van der Waals surface area contributed by atoms with Crippen LogP contribution in [0.25, 0.3) is 6.08 Å². The maximum atomic E-state index is 12.5. The number of hydrogen-bond donors (Lipinski definition) is 1. The van der Waals surface area contributed by atoms with Crippen LogP contribution in [-0.2, 0) is 17.6 Å². The number of benzene rings is 1. The highest BCUT2D eigenvalue weighted by Gasteiger charge is 2.23. The summed E-state index contributed by atoms with van der Waals surface area (Å²) in [6.07, 6.45) is 8.13. The van der Waals surface area contributed by atoms with Crippen LogP contribution >= 0.6 is 23.6 Å². The number of rotatable bonds is 7. The third kappa shape index (κ3) is 5.56. The smallest absolute Gasteiger partial charge is 0.249 e. The van der Waals surface area contributed by atoms with Crippen LogP contribution in [-0.4, -0.2) is 12.5 Å². The zero-order valence-electron chi connectivity index (χ0n) is 17.4. The Hall–Kier alpha value is -2.49. The summed E-state index contributed by atoms with van der Waals surface area (Å²) < 4.78 is 6.42. The minimum absolute atomic E-state index is 0.274. The molecule has 1 aliphatic rings. The standard InChI is InChI=1S/C24H26N2O2S2/c1-3-4-13-28-18-9-6-17(7-10-18)8-12-22(27)26-23-21(15-25)19-11-5-16(2)14-20(19)24(29)30-23/h6-10,12,16H,3-5,11,13-14H2,1-2H3,(H,26,27)/b12-8+. The molecular formula is C24H26N2O2S2. The van der Waals surface area contributed by atoms with Crippen molar-refractivity contribution in [3.63, 3.8) is 0 Å². The molecule has 4 nitrogen and oxygen atoms in total. The number of nitrogens with zero attached hydrogens (tertiary/aromatic N) is 1. The van der Waals surface area contributed by atoms with Gasteiger partial charge in [-0.15, -0.1) is 11.3 Å². The van der Waals surface area contributed by atoms with Gasteiger partial charge in [-0.1, -0.05) is 44.6 Å². The van der Waals surface area contributed by atoms with Crippen LogP contribution in [0.4, 0.5) is 5.00 Å². The third-order valence-electron chi connectivity index (χ3n) is 5.20. The molecule has 30 heavy (non-hydrogen) atoms. The van der Waals surface area contributed by atoms with Crippen LogP contribution in [0.15, 0.2) is 30.3 Å². The first kappa shape index (κ1) is 22.2. The van der Waals surface area contributed by atoms with Gasteiger partial charge in [0.25, 0.3) is 0 Å². The largest absolute Gasteiger partial charge is 0.494 e. The van der Waals surface area contributed by atoms with E-state index in [-0.39, 0.29) is 5.91 Å². The summed E-state index contributed by atoms with van der Waals surface area (Å²) in [5, 5.41) is 13.1. The molecule has 1 unspecified atom stereocenters. The van der Waals surface area contributed by atoms with Gasteiger partial charge in [0.1, 0.15) is 16.8 Å². The van der Waals surface area contributed by atoms with Crippen molar-refractivity contribution in [1.82, 2.24) is 0 Å². The summed E-state index contributed by atoms with van der Waals surface area (Å²) in [7, 11) is 0. The fourth-order valence-corrected chi connectivity index (χ4v) is 4.88. The molecular weight excluding hydrogens is 412 g/mol. The number of unbranched alkanes of at least 4 members (excludes halogenated alkanes) is 1. The van der Waals surface area contributed by atoms with Gasteiger partial charge >= 0.3 is 0 Å². The number of fused-ring (bicyclic) bond motifs is 1. The maximum absolute atomic E-state index is 12.5. The van der Waals surface area contributed by atoms with Crippen LogP contribution < -0.4 is 10.1 Å². The Morgan fingerprint density at radius 3 is 2.83 bits per heavy atom. The molecule has 156 valence electrons. The lowest BCUT2D eigenvalue weighted by Gasteiger charge is -2.23. The average Bonchev–Trinajstić information content (AvgIpc) is 2.74. The van der Waals surface area contributed by atoms with E-state index in [0.29, 0.717) is 23.1 Å². The molecule has 1 aromatic heterocycles. The SMILES string of the molecule is CCCCOc1ccc(/C=C/C(=O)Nc2sc(=S)c3c(c2C#N)CCC(C)C3)cc1. The Morgan fingerprint density at radius 1 is 1.37 bits per heavy atom. The average molecular weight is 439 g/mol. The Morgan fingerprint density at radius 2 is 2.13 bits per heavy atom. The number of ether oxygens (including phenoxy) is 1. The number of nitrogens with one attached hydrogen (secondary N) is 1. The topological polar surface area (TPSA) is 62.1 Å². The molecule has 0 aliphatic heterocycles. The Labute approximate surface area is 187 Å². The molecule has 3 rings (SSSR count). The van der Waals surface area contributed by atoms with Crippen LogP contribution in [0.2, 0.25) is 0 Å². The number of amides is 1. The van der Waals surface area contributed by atoms with Gasteiger partial charge in [0.05, 0.1) is 16.0 Å². The molecule has 0 bridgehead atoms. The van der Waals surface area contributed by atoms with Crippen LogP contribution in [0.1, 0.15) is 55.4 Å².